The Kier molecular flexibility index (Phi) is 5.44. The van der Waals surface area contributed by atoms with E-state index in [2.05, 4.69) is 10.6 Å². The lowest BCUT2D eigenvalue weighted by Gasteiger charge is -2.16. The third-order valence-electron chi connectivity index (χ3n) is 3.87. The van der Waals surface area contributed by atoms with Gasteiger partial charge in [0.25, 0.3) is 0 Å². The lowest BCUT2D eigenvalue weighted by Crippen LogP contribution is -2.39. The first kappa shape index (κ1) is 15.6. The molecule has 0 radical (unpaired) electrons. The van der Waals surface area contributed by atoms with Crippen LogP contribution in [0.15, 0.2) is 24.3 Å². The van der Waals surface area contributed by atoms with E-state index in [0.717, 1.165) is 18.4 Å². The first-order valence-electron chi connectivity index (χ1n) is 7.05. The van der Waals surface area contributed by atoms with Gasteiger partial charge in [0.05, 0.1) is 5.92 Å². The summed E-state index contributed by atoms with van der Waals surface area (Å²) in [4.78, 5) is 22.8. The Morgan fingerprint density at radius 3 is 2.57 bits per heavy atom. The molecule has 1 saturated carbocycles. The molecule has 5 nitrogen and oxygen atoms in total. The number of rotatable bonds is 5. The zero-order valence-electron chi connectivity index (χ0n) is 11.6. The van der Waals surface area contributed by atoms with Crippen molar-refractivity contribution in [1.82, 2.24) is 10.6 Å². The van der Waals surface area contributed by atoms with Gasteiger partial charge in [0.15, 0.2) is 0 Å². The first-order chi connectivity index (χ1) is 10.1. The summed E-state index contributed by atoms with van der Waals surface area (Å²) in [6.07, 6.45) is 2.47. The van der Waals surface area contributed by atoms with Gasteiger partial charge in [0, 0.05) is 18.1 Å². The van der Waals surface area contributed by atoms with E-state index in [1.807, 2.05) is 12.1 Å². The SMILES string of the molecule is O=C(NCc1ccc(Cl)cc1)NCC1CCCC1C(=O)O. The average Bonchev–Trinajstić information content (AvgIpc) is 2.93. The molecule has 0 aliphatic heterocycles. The fourth-order valence-corrected chi connectivity index (χ4v) is 2.80. The molecule has 2 unspecified atom stereocenters. The molecule has 114 valence electrons. The predicted molar refractivity (Wildman–Crippen MR) is 80.2 cm³/mol. The molecule has 1 aliphatic rings. The zero-order valence-corrected chi connectivity index (χ0v) is 12.4. The number of amides is 2. The smallest absolute Gasteiger partial charge is 0.315 e. The molecule has 1 aromatic carbocycles. The number of carbonyl (C=O) groups excluding carboxylic acids is 1. The van der Waals surface area contributed by atoms with Crippen molar-refractivity contribution >= 4 is 23.6 Å². The molecule has 0 bridgehead atoms. The summed E-state index contributed by atoms with van der Waals surface area (Å²) in [7, 11) is 0. The van der Waals surface area contributed by atoms with Gasteiger partial charge in [-0.2, -0.15) is 0 Å². The monoisotopic (exact) mass is 310 g/mol. The maximum atomic E-state index is 11.7. The number of halogens is 1. The highest BCUT2D eigenvalue weighted by atomic mass is 35.5. The molecule has 1 aliphatic carbocycles. The van der Waals surface area contributed by atoms with Crippen LogP contribution < -0.4 is 10.6 Å². The van der Waals surface area contributed by atoms with Crippen LogP contribution in [0, 0.1) is 11.8 Å². The van der Waals surface area contributed by atoms with Crippen molar-refractivity contribution < 1.29 is 14.7 Å². The lowest BCUT2D eigenvalue weighted by molar-refractivity contribution is -0.142. The van der Waals surface area contributed by atoms with Crippen LogP contribution >= 0.6 is 11.6 Å². The van der Waals surface area contributed by atoms with E-state index in [4.69, 9.17) is 16.7 Å². The van der Waals surface area contributed by atoms with Crippen LogP contribution in [0.5, 0.6) is 0 Å². The number of carbonyl (C=O) groups is 2. The standard InChI is InChI=1S/C15H19ClN2O3/c16-12-6-4-10(5-7-12)8-17-15(21)18-9-11-2-1-3-13(11)14(19)20/h4-7,11,13H,1-3,8-9H2,(H,19,20)(H2,17,18,21). The van der Waals surface area contributed by atoms with E-state index in [-0.39, 0.29) is 17.9 Å². The molecule has 2 rings (SSSR count). The number of urea groups is 1. The third kappa shape index (κ3) is 4.63. The molecule has 2 amide bonds. The molecule has 0 aromatic heterocycles. The normalized spacial score (nSPS) is 21.0. The number of carboxylic acid groups (broad SMARTS) is 1. The van der Waals surface area contributed by atoms with Crippen LogP contribution in [0.3, 0.4) is 0 Å². The van der Waals surface area contributed by atoms with Crippen molar-refractivity contribution in [3.05, 3.63) is 34.9 Å². The molecule has 1 fully saturated rings. The summed E-state index contributed by atoms with van der Waals surface area (Å²) >= 11 is 5.79. The minimum atomic E-state index is -0.763. The Balaban J connectivity index is 1.72. The highest BCUT2D eigenvalue weighted by Gasteiger charge is 2.32. The molecule has 0 heterocycles. The van der Waals surface area contributed by atoms with Crippen LogP contribution in [-0.2, 0) is 11.3 Å². The fraction of sp³-hybridized carbons (Fsp3) is 0.467. The van der Waals surface area contributed by atoms with Gasteiger partial charge >= 0.3 is 12.0 Å². The summed E-state index contributed by atoms with van der Waals surface area (Å²) < 4.78 is 0. The van der Waals surface area contributed by atoms with Gasteiger partial charge in [-0.1, -0.05) is 30.2 Å². The van der Waals surface area contributed by atoms with Crippen molar-refractivity contribution in [1.29, 1.82) is 0 Å². The van der Waals surface area contributed by atoms with Crippen molar-refractivity contribution in [2.24, 2.45) is 11.8 Å². The summed E-state index contributed by atoms with van der Waals surface area (Å²) in [5.41, 5.74) is 0.957. The molecule has 6 heteroatoms. The van der Waals surface area contributed by atoms with E-state index in [0.29, 0.717) is 24.5 Å². The van der Waals surface area contributed by atoms with Crippen LogP contribution in [0.1, 0.15) is 24.8 Å². The third-order valence-corrected chi connectivity index (χ3v) is 4.12. The number of aliphatic carboxylic acids is 1. The second kappa shape index (κ2) is 7.31. The van der Waals surface area contributed by atoms with Crippen molar-refractivity contribution in [3.8, 4) is 0 Å². The fourth-order valence-electron chi connectivity index (χ4n) is 2.68. The molecular weight excluding hydrogens is 292 g/mol. The molecular formula is C15H19ClN2O3. The first-order valence-corrected chi connectivity index (χ1v) is 7.43. The highest BCUT2D eigenvalue weighted by Crippen LogP contribution is 2.31. The minimum absolute atomic E-state index is 0.0313. The van der Waals surface area contributed by atoms with E-state index in [1.165, 1.54) is 0 Å². The van der Waals surface area contributed by atoms with Crippen molar-refractivity contribution in [2.45, 2.75) is 25.8 Å². The molecule has 2 atom stereocenters. The quantitative estimate of drug-likeness (QED) is 0.782. The Morgan fingerprint density at radius 1 is 1.19 bits per heavy atom. The van der Waals surface area contributed by atoms with Gasteiger partial charge in [0.1, 0.15) is 0 Å². The molecule has 0 saturated heterocycles. The topological polar surface area (TPSA) is 78.4 Å². The van der Waals surface area contributed by atoms with E-state index < -0.39 is 5.97 Å². The van der Waals surface area contributed by atoms with Crippen LogP contribution in [-0.4, -0.2) is 23.7 Å². The van der Waals surface area contributed by atoms with Gasteiger partial charge in [0.2, 0.25) is 0 Å². The molecule has 0 spiro atoms. The second-order valence-electron chi connectivity index (χ2n) is 5.33. The van der Waals surface area contributed by atoms with E-state index in [1.54, 1.807) is 12.1 Å². The van der Waals surface area contributed by atoms with Crippen molar-refractivity contribution in [2.75, 3.05) is 6.54 Å². The van der Waals surface area contributed by atoms with Crippen LogP contribution in [0.4, 0.5) is 4.79 Å². The van der Waals surface area contributed by atoms with E-state index >= 15 is 0 Å². The van der Waals surface area contributed by atoms with Gasteiger partial charge in [-0.05, 0) is 36.5 Å². The van der Waals surface area contributed by atoms with Crippen LogP contribution in [0.2, 0.25) is 5.02 Å². The number of nitrogens with one attached hydrogen (secondary N) is 2. The number of benzene rings is 1. The summed E-state index contributed by atoms with van der Waals surface area (Å²) in [5, 5.41) is 15.2. The maximum Gasteiger partial charge on any atom is 0.315 e. The number of carboxylic acids is 1. The maximum absolute atomic E-state index is 11.7. The molecule has 21 heavy (non-hydrogen) atoms. The van der Waals surface area contributed by atoms with Crippen LogP contribution in [0.25, 0.3) is 0 Å². The Labute approximate surface area is 128 Å². The van der Waals surface area contributed by atoms with Gasteiger partial charge in [-0.25, -0.2) is 4.79 Å². The van der Waals surface area contributed by atoms with E-state index in [9.17, 15) is 9.59 Å². The Bertz CT molecular complexity index is 504. The summed E-state index contributed by atoms with van der Waals surface area (Å²) in [5.74, 6) is -1.06. The number of hydrogen-bond acceptors (Lipinski definition) is 2. The molecule has 3 N–H and O–H groups in total. The second-order valence-corrected chi connectivity index (χ2v) is 5.76. The van der Waals surface area contributed by atoms with Gasteiger partial charge in [-0.15, -0.1) is 0 Å². The average molecular weight is 311 g/mol. The van der Waals surface area contributed by atoms with Gasteiger partial charge in [-0.3, -0.25) is 4.79 Å². The zero-order chi connectivity index (χ0) is 15.2. The van der Waals surface area contributed by atoms with Gasteiger partial charge < -0.3 is 15.7 Å². The molecule has 1 aromatic rings. The highest BCUT2D eigenvalue weighted by molar-refractivity contribution is 6.30. The largest absolute Gasteiger partial charge is 0.481 e. The summed E-state index contributed by atoms with van der Waals surface area (Å²) in [6, 6.07) is 6.96. The number of hydrogen-bond donors (Lipinski definition) is 3. The Morgan fingerprint density at radius 2 is 1.90 bits per heavy atom. The van der Waals surface area contributed by atoms with Crippen molar-refractivity contribution in [3.63, 3.8) is 0 Å². The lowest BCUT2D eigenvalue weighted by atomic mass is 9.96. The minimum Gasteiger partial charge on any atom is -0.481 e. The predicted octanol–water partition coefficient (Wildman–Crippen LogP) is 2.64. The summed E-state index contributed by atoms with van der Waals surface area (Å²) in [6.45, 7) is 0.819. The Hall–Kier alpha value is -1.75.